The van der Waals surface area contributed by atoms with Crippen molar-refractivity contribution in [2.45, 2.75) is 6.92 Å². The van der Waals surface area contributed by atoms with E-state index in [0.29, 0.717) is 5.82 Å². The first kappa shape index (κ1) is 8.47. The van der Waals surface area contributed by atoms with Gasteiger partial charge in [0.1, 0.15) is 0 Å². The number of hydrogen-bond acceptors (Lipinski definition) is 5. The third-order valence-electron chi connectivity index (χ3n) is 1.61. The van der Waals surface area contributed by atoms with E-state index in [1.807, 2.05) is 0 Å². The minimum absolute atomic E-state index is 0.206. The molecular weight excluding hydrogens is 162 g/mol. The summed E-state index contributed by atoms with van der Waals surface area (Å²) in [4.78, 5) is 13.5. The monoisotopic (exact) mass is 171 g/mol. The SMILES string of the molecule is Cc1nc([N+](=O)[O-])c(NN)n1C. The van der Waals surface area contributed by atoms with Gasteiger partial charge in [-0.2, -0.15) is 0 Å². The number of nitro groups is 1. The Morgan fingerprint density at radius 3 is 2.67 bits per heavy atom. The van der Waals surface area contributed by atoms with Crippen molar-refractivity contribution in [3.63, 3.8) is 0 Å². The van der Waals surface area contributed by atoms with Gasteiger partial charge in [-0.05, 0) is 9.91 Å². The first-order valence-electron chi connectivity index (χ1n) is 3.22. The summed E-state index contributed by atoms with van der Waals surface area (Å²) in [7, 11) is 1.64. The fraction of sp³-hybridized carbons (Fsp3) is 0.400. The average molecular weight is 171 g/mol. The lowest BCUT2D eigenvalue weighted by Crippen LogP contribution is -2.12. The Kier molecular flexibility index (Phi) is 1.96. The highest BCUT2D eigenvalue weighted by molar-refractivity contribution is 5.52. The molecule has 0 atom stereocenters. The van der Waals surface area contributed by atoms with Crippen LogP contribution in [0.3, 0.4) is 0 Å². The van der Waals surface area contributed by atoms with Gasteiger partial charge in [0.25, 0.3) is 0 Å². The van der Waals surface area contributed by atoms with Crippen LogP contribution in [0, 0.1) is 17.0 Å². The predicted octanol–water partition coefficient (Wildman–Crippen LogP) is -0.0777. The number of nitrogens with two attached hydrogens (primary N) is 1. The molecule has 1 heterocycles. The zero-order valence-corrected chi connectivity index (χ0v) is 6.74. The molecular formula is C5H9N5O2. The highest BCUT2D eigenvalue weighted by Crippen LogP contribution is 2.21. The maximum atomic E-state index is 10.4. The van der Waals surface area contributed by atoms with Gasteiger partial charge in [0, 0.05) is 14.0 Å². The largest absolute Gasteiger partial charge is 0.408 e. The van der Waals surface area contributed by atoms with Crippen LogP contribution >= 0.6 is 0 Å². The number of nitrogens with one attached hydrogen (secondary N) is 1. The fourth-order valence-corrected chi connectivity index (χ4v) is 0.882. The van der Waals surface area contributed by atoms with Crippen LogP contribution in [-0.2, 0) is 7.05 Å². The Hall–Kier alpha value is -1.63. The number of nitrogen functional groups attached to an aromatic ring is 1. The summed E-state index contributed by atoms with van der Waals surface area (Å²) in [5.41, 5.74) is 2.22. The summed E-state index contributed by atoms with van der Waals surface area (Å²) in [6, 6.07) is 0. The van der Waals surface area contributed by atoms with Crippen molar-refractivity contribution in [3.8, 4) is 0 Å². The summed E-state index contributed by atoms with van der Waals surface area (Å²) in [5.74, 6) is 5.58. The van der Waals surface area contributed by atoms with Crippen LogP contribution in [0.25, 0.3) is 0 Å². The molecule has 0 bridgehead atoms. The van der Waals surface area contributed by atoms with Crippen LogP contribution in [0.4, 0.5) is 11.6 Å². The quantitative estimate of drug-likeness (QED) is 0.368. The van der Waals surface area contributed by atoms with Crippen molar-refractivity contribution in [1.82, 2.24) is 9.55 Å². The molecule has 3 N–H and O–H groups in total. The highest BCUT2D eigenvalue weighted by atomic mass is 16.6. The molecule has 0 saturated heterocycles. The lowest BCUT2D eigenvalue weighted by Gasteiger charge is -1.98. The van der Waals surface area contributed by atoms with Crippen LogP contribution in [0.2, 0.25) is 0 Å². The normalized spacial score (nSPS) is 9.92. The van der Waals surface area contributed by atoms with E-state index < -0.39 is 4.92 Å². The molecule has 0 unspecified atom stereocenters. The van der Waals surface area contributed by atoms with E-state index in [0.717, 1.165) is 0 Å². The molecule has 7 heteroatoms. The van der Waals surface area contributed by atoms with Gasteiger partial charge in [-0.3, -0.25) is 4.57 Å². The molecule has 0 aliphatic rings. The molecule has 1 aromatic rings. The Bertz CT molecular complexity index is 318. The van der Waals surface area contributed by atoms with Crippen LogP contribution in [-0.4, -0.2) is 14.5 Å². The molecule has 1 aromatic heterocycles. The van der Waals surface area contributed by atoms with Gasteiger partial charge >= 0.3 is 5.82 Å². The van der Waals surface area contributed by atoms with E-state index in [2.05, 4.69) is 10.4 Å². The molecule has 1 rings (SSSR count). The van der Waals surface area contributed by atoms with E-state index in [9.17, 15) is 10.1 Å². The Morgan fingerprint density at radius 1 is 1.75 bits per heavy atom. The molecule has 0 amide bonds. The minimum atomic E-state index is -0.581. The molecule has 12 heavy (non-hydrogen) atoms. The predicted molar refractivity (Wildman–Crippen MR) is 42.4 cm³/mol. The highest BCUT2D eigenvalue weighted by Gasteiger charge is 2.22. The standard InChI is InChI=1S/C5H9N5O2/c1-3-7-4(10(11)12)5(8-6)9(3)2/h8H,6H2,1-2H3. The first-order valence-corrected chi connectivity index (χ1v) is 3.22. The maximum absolute atomic E-state index is 10.4. The van der Waals surface area contributed by atoms with Crippen LogP contribution in [0.1, 0.15) is 5.82 Å². The van der Waals surface area contributed by atoms with E-state index >= 15 is 0 Å². The smallest absolute Gasteiger partial charge is 0.358 e. The fourth-order valence-electron chi connectivity index (χ4n) is 0.882. The van der Waals surface area contributed by atoms with Gasteiger partial charge in [-0.1, -0.05) is 0 Å². The zero-order valence-electron chi connectivity index (χ0n) is 6.74. The molecule has 66 valence electrons. The van der Waals surface area contributed by atoms with Gasteiger partial charge in [-0.25, -0.2) is 5.84 Å². The van der Waals surface area contributed by atoms with Crippen molar-refractivity contribution in [2.75, 3.05) is 5.43 Å². The summed E-state index contributed by atoms with van der Waals surface area (Å²) in [6.07, 6.45) is 0. The second-order valence-corrected chi connectivity index (χ2v) is 2.29. The molecule has 0 aliphatic carbocycles. The molecule has 0 radical (unpaired) electrons. The Balaban J connectivity index is 3.29. The molecule has 0 aliphatic heterocycles. The first-order chi connectivity index (χ1) is 5.57. The van der Waals surface area contributed by atoms with Gasteiger partial charge in [-0.15, -0.1) is 0 Å². The van der Waals surface area contributed by atoms with E-state index in [-0.39, 0.29) is 11.6 Å². The maximum Gasteiger partial charge on any atom is 0.408 e. The lowest BCUT2D eigenvalue weighted by molar-refractivity contribution is -0.388. The number of imidazole rings is 1. The van der Waals surface area contributed by atoms with Crippen molar-refractivity contribution >= 4 is 11.6 Å². The average Bonchev–Trinajstić information content (AvgIpc) is 2.29. The summed E-state index contributed by atoms with van der Waals surface area (Å²) < 4.78 is 1.51. The number of anilines is 1. The van der Waals surface area contributed by atoms with E-state index in [4.69, 9.17) is 5.84 Å². The van der Waals surface area contributed by atoms with Gasteiger partial charge < -0.3 is 15.5 Å². The van der Waals surface area contributed by atoms with E-state index in [1.54, 1.807) is 14.0 Å². The molecule has 7 nitrogen and oxygen atoms in total. The van der Waals surface area contributed by atoms with Crippen molar-refractivity contribution in [3.05, 3.63) is 15.9 Å². The number of hydrazine groups is 1. The van der Waals surface area contributed by atoms with Crippen molar-refractivity contribution < 1.29 is 4.92 Å². The topological polar surface area (TPSA) is 99.0 Å². The van der Waals surface area contributed by atoms with E-state index in [1.165, 1.54) is 4.57 Å². The van der Waals surface area contributed by atoms with Crippen molar-refractivity contribution in [2.24, 2.45) is 12.9 Å². The van der Waals surface area contributed by atoms with Crippen molar-refractivity contribution in [1.29, 1.82) is 0 Å². The summed E-state index contributed by atoms with van der Waals surface area (Å²) >= 11 is 0. The van der Waals surface area contributed by atoms with Crippen LogP contribution in [0.15, 0.2) is 0 Å². The third kappa shape index (κ3) is 1.10. The molecule has 0 fully saturated rings. The number of aromatic nitrogens is 2. The Morgan fingerprint density at radius 2 is 2.33 bits per heavy atom. The minimum Gasteiger partial charge on any atom is -0.358 e. The lowest BCUT2D eigenvalue weighted by atomic mass is 10.6. The number of hydrogen-bond donors (Lipinski definition) is 2. The zero-order chi connectivity index (χ0) is 9.30. The Labute approximate surface area is 68.3 Å². The summed E-state index contributed by atoms with van der Waals surface area (Å²) in [6.45, 7) is 1.66. The second kappa shape index (κ2) is 2.78. The van der Waals surface area contributed by atoms with Gasteiger partial charge in [0.05, 0.1) is 0 Å². The molecule has 0 spiro atoms. The number of nitrogens with zero attached hydrogens (tertiary/aromatic N) is 3. The summed E-state index contributed by atoms with van der Waals surface area (Å²) in [5, 5.41) is 10.4. The second-order valence-electron chi connectivity index (χ2n) is 2.29. The molecule has 0 saturated carbocycles. The number of aryl methyl sites for hydroxylation is 1. The van der Waals surface area contributed by atoms with Gasteiger partial charge in [0.2, 0.25) is 11.6 Å². The van der Waals surface area contributed by atoms with Gasteiger partial charge in [0.15, 0.2) is 0 Å². The van der Waals surface area contributed by atoms with Crippen LogP contribution in [0.5, 0.6) is 0 Å². The number of rotatable bonds is 2. The van der Waals surface area contributed by atoms with Crippen LogP contribution < -0.4 is 11.3 Å². The molecule has 0 aromatic carbocycles. The third-order valence-corrected chi connectivity index (χ3v) is 1.61.